The Bertz CT molecular complexity index is 979. The summed E-state index contributed by atoms with van der Waals surface area (Å²) in [5.41, 5.74) is 0.694. The van der Waals surface area contributed by atoms with Gasteiger partial charge < -0.3 is 33.2 Å². The largest absolute Gasteiger partial charge is 0.463 e. The van der Waals surface area contributed by atoms with E-state index in [4.69, 9.17) is 38.6 Å². The molecule has 1 fully saturated rings. The van der Waals surface area contributed by atoms with Crippen molar-refractivity contribution in [2.75, 3.05) is 13.2 Å². The molecule has 0 aromatic heterocycles. The monoisotopic (exact) mass is 500 g/mol. The molecule has 1 heterocycles. The van der Waals surface area contributed by atoms with Gasteiger partial charge in [-0.25, -0.2) is 4.79 Å². The van der Waals surface area contributed by atoms with Crippen molar-refractivity contribution in [1.29, 1.82) is 0 Å². The molecule has 12 nitrogen and oxygen atoms in total. The van der Waals surface area contributed by atoms with E-state index in [1.165, 1.54) is 0 Å². The molecule has 0 spiro atoms. The molecule has 0 saturated carbocycles. The maximum absolute atomic E-state index is 12.3. The fourth-order valence-electron chi connectivity index (χ4n) is 3.11. The standard InChI is InChI=1S/C23H28O12/c1-13(24)29-11-18-20(32-14(2)25)21(33-15(3)26)22(34-16(4)27)23(35-18)31-12-19(28)30-10-17-8-6-5-7-9-17/h5-9,18,20-23H,10-12H2,1-4H3/t18-,20-,21+,22-,23?/m1/s1/i1D,2D,3D,4D. The van der Waals surface area contributed by atoms with Gasteiger partial charge in [0.15, 0.2) is 24.6 Å². The fourth-order valence-corrected chi connectivity index (χ4v) is 3.11. The summed E-state index contributed by atoms with van der Waals surface area (Å²) in [4.78, 5) is 60.0. The van der Waals surface area contributed by atoms with E-state index >= 15 is 0 Å². The van der Waals surface area contributed by atoms with Gasteiger partial charge in [-0.3, -0.25) is 19.2 Å². The van der Waals surface area contributed by atoms with Crippen LogP contribution in [0.3, 0.4) is 0 Å². The number of hydrogen-bond donors (Lipinski definition) is 0. The second-order valence-corrected chi connectivity index (χ2v) is 7.05. The molecule has 0 N–H and O–H groups in total. The smallest absolute Gasteiger partial charge is 0.332 e. The van der Waals surface area contributed by atoms with Crippen LogP contribution in [-0.4, -0.2) is 73.8 Å². The first-order chi connectivity index (χ1) is 18.7. The SMILES string of the molecule is [2H]CC(=O)OC[C@H]1OC(OCC(=O)OCc2ccccc2)[C@H](OC(=O)C[2H])[C@@H](OC(=O)C[2H])[C@@H]1OC(=O)C[2H]. The van der Waals surface area contributed by atoms with E-state index in [-0.39, 0.29) is 6.61 Å². The molecular weight excluding hydrogens is 468 g/mol. The van der Waals surface area contributed by atoms with Crippen molar-refractivity contribution < 1.29 is 62.6 Å². The minimum absolute atomic E-state index is 0.0770. The highest BCUT2D eigenvalue weighted by Crippen LogP contribution is 2.30. The molecule has 1 aliphatic rings. The number of carbonyl (C=O) groups is 5. The van der Waals surface area contributed by atoms with Crippen molar-refractivity contribution in [2.24, 2.45) is 0 Å². The normalized spacial score (nSPS) is 25.0. The van der Waals surface area contributed by atoms with E-state index in [0.29, 0.717) is 5.56 Å². The molecule has 0 amide bonds. The summed E-state index contributed by atoms with van der Waals surface area (Å²) in [7, 11) is 0. The van der Waals surface area contributed by atoms with Gasteiger partial charge in [0.05, 0.1) is 0 Å². The quantitative estimate of drug-likeness (QED) is 0.331. The maximum Gasteiger partial charge on any atom is 0.332 e. The molecule has 5 atom stereocenters. The van der Waals surface area contributed by atoms with Crippen LogP contribution in [0.5, 0.6) is 0 Å². The van der Waals surface area contributed by atoms with Gasteiger partial charge >= 0.3 is 29.8 Å². The van der Waals surface area contributed by atoms with Gasteiger partial charge in [-0.15, -0.1) is 0 Å². The second-order valence-electron chi connectivity index (χ2n) is 7.05. The van der Waals surface area contributed by atoms with Crippen molar-refractivity contribution in [3.8, 4) is 0 Å². The molecule has 1 aliphatic heterocycles. The number of esters is 5. The van der Waals surface area contributed by atoms with Crippen molar-refractivity contribution in [1.82, 2.24) is 0 Å². The van der Waals surface area contributed by atoms with Crippen LogP contribution in [-0.2, 0) is 63.7 Å². The Kier molecular flexibility index (Phi) is 8.41. The topological polar surface area (TPSA) is 150 Å². The lowest BCUT2D eigenvalue weighted by molar-refractivity contribution is -0.307. The van der Waals surface area contributed by atoms with E-state index in [2.05, 4.69) is 0 Å². The van der Waals surface area contributed by atoms with Crippen LogP contribution >= 0.6 is 0 Å². The van der Waals surface area contributed by atoms with Crippen molar-refractivity contribution in [3.63, 3.8) is 0 Å². The Balaban J connectivity index is 2.31. The Morgan fingerprint density at radius 2 is 1.40 bits per heavy atom. The molecule has 1 saturated heterocycles. The van der Waals surface area contributed by atoms with Crippen LogP contribution in [0.2, 0.25) is 0 Å². The van der Waals surface area contributed by atoms with Gasteiger partial charge in [0.2, 0.25) is 0 Å². The van der Waals surface area contributed by atoms with Crippen LogP contribution in [0, 0.1) is 0 Å². The summed E-state index contributed by atoms with van der Waals surface area (Å²) in [6.45, 7) is -4.85. The van der Waals surface area contributed by atoms with Gasteiger partial charge in [-0.1, -0.05) is 30.3 Å². The first kappa shape index (κ1) is 22.0. The van der Waals surface area contributed by atoms with Crippen molar-refractivity contribution in [2.45, 2.75) is 64.9 Å². The summed E-state index contributed by atoms with van der Waals surface area (Å²) in [5.74, 6) is -5.20. The second kappa shape index (κ2) is 13.4. The lowest BCUT2D eigenvalue weighted by Crippen LogP contribution is -2.63. The Hall–Kier alpha value is -3.51. The summed E-state index contributed by atoms with van der Waals surface area (Å²) in [5, 5.41) is 0. The Morgan fingerprint density at radius 1 is 0.800 bits per heavy atom. The number of ether oxygens (including phenoxy) is 7. The van der Waals surface area contributed by atoms with E-state index in [9.17, 15) is 24.0 Å². The first-order valence-corrected chi connectivity index (χ1v) is 10.1. The lowest BCUT2D eigenvalue weighted by Gasteiger charge is -2.43. The molecule has 192 valence electrons. The summed E-state index contributed by atoms with van der Waals surface area (Å²) < 4.78 is 65.6. The highest BCUT2D eigenvalue weighted by molar-refractivity contribution is 5.71. The fraction of sp³-hybridized carbons (Fsp3) is 0.522. The molecule has 2 rings (SSSR count). The molecule has 0 bridgehead atoms. The van der Waals surface area contributed by atoms with Crippen molar-refractivity contribution >= 4 is 29.8 Å². The number of benzene rings is 1. The molecule has 0 radical (unpaired) electrons. The van der Waals surface area contributed by atoms with Crippen LogP contribution in [0.4, 0.5) is 0 Å². The Labute approximate surface area is 207 Å². The molecule has 0 aliphatic carbocycles. The van der Waals surface area contributed by atoms with Gasteiger partial charge in [0.1, 0.15) is 25.9 Å². The number of carbonyl (C=O) groups excluding carboxylic acids is 5. The van der Waals surface area contributed by atoms with E-state index in [1.807, 2.05) is 0 Å². The average Bonchev–Trinajstić information content (AvgIpc) is 2.96. The molecule has 1 aromatic rings. The number of hydrogen-bond acceptors (Lipinski definition) is 12. The van der Waals surface area contributed by atoms with Gasteiger partial charge in [-0.2, -0.15) is 0 Å². The zero-order valence-corrected chi connectivity index (χ0v) is 18.6. The predicted octanol–water partition coefficient (Wildman–Crippen LogP) is 0.829. The van der Waals surface area contributed by atoms with Crippen LogP contribution < -0.4 is 0 Å². The zero-order valence-electron chi connectivity index (χ0n) is 22.6. The van der Waals surface area contributed by atoms with Gasteiger partial charge in [0.25, 0.3) is 0 Å². The third-order valence-corrected chi connectivity index (χ3v) is 4.41. The van der Waals surface area contributed by atoms with E-state index < -0.39 is 101 Å². The molecule has 1 unspecified atom stereocenters. The molecular formula is C23H28O12. The molecule has 12 heteroatoms. The van der Waals surface area contributed by atoms with Crippen LogP contribution in [0.1, 0.15) is 38.6 Å². The zero-order chi connectivity index (χ0) is 28.8. The van der Waals surface area contributed by atoms with Gasteiger partial charge in [-0.05, 0) is 5.56 Å². The highest BCUT2D eigenvalue weighted by Gasteiger charge is 2.52. The molecule has 35 heavy (non-hydrogen) atoms. The Morgan fingerprint density at radius 3 is 2.03 bits per heavy atom. The van der Waals surface area contributed by atoms with Gasteiger partial charge in [0, 0.05) is 33.1 Å². The highest BCUT2D eigenvalue weighted by atomic mass is 16.7. The minimum Gasteiger partial charge on any atom is -0.463 e. The van der Waals surface area contributed by atoms with E-state index in [0.717, 1.165) is 0 Å². The summed E-state index contributed by atoms with van der Waals surface area (Å²) in [6.07, 6.45) is -8.21. The first-order valence-electron chi connectivity index (χ1n) is 12.9. The lowest BCUT2D eigenvalue weighted by atomic mass is 9.98. The van der Waals surface area contributed by atoms with Crippen LogP contribution in [0.15, 0.2) is 30.3 Å². The number of rotatable bonds is 10. The average molecular weight is 500 g/mol. The van der Waals surface area contributed by atoms with Crippen LogP contribution in [0.25, 0.3) is 0 Å². The summed E-state index contributed by atoms with van der Waals surface area (Å²) >= 11 is 0. The van der Waals surface area contributed by atoms with E-state index in [1.54, 1.807) is 30.3 Å². The predicted molar refractivity (Wildman–Crippen MR) is 114 cm³/mol. The third kappa shape index (κ3) is 9.33. The minimum atomic E-state index is -1.72. The third-order valence-electron chi connectivity index (χ3n) is 4.41. The van der Waals surface area contributed by atoms with Crippen molar-refractivity contribution in [3.05, 3.63) is 35.9 Å². The maximum atomic E-state index is 12.3. The molecule has 1 aromatic carbocycles. The summed E-state index contributed by atoms with van der Waals surface area (Å²) in [6, 6.07) is 8.72.